The molecule has 1 aromatic carbocycles. The molecule has 0 saturated carbocycles. The lowest BCUT2D eigenvalue weighted by molar-refractivity contribution is 0.0684. The van der Waals surface area contributed by atoms with Crippen LogP contribution in [-0.4, -0.2) is 10.7 Å². The molecule has 11 heavy (non-hydrogen) atoms. The van der Waals surface area contributed by atoms with E-state index in [0.717, 1.165) is 4.90 Å². The molecule has 0 aliphatic carbocycles. The van der Waals surface area contributed by atoms with Gasteiger partial charge >= 0.3 is 0 Å². The summed E-state index contributed by atoms with van der Waals surface area (Å²) < 4.78 is 5.02. The maximum Gasteiger partial charge on any atom is 0.251 e. The highest BCUT2D eigenvalue weighted by Crippen LogP contribution is 2.43. The average molecular weight is 189 g/mol. The smallest absolute Gasteiger partial charge is 0.251 e. The van der Waals surface area contributed by atoms with Crippen LogP contribution in [0.4, 0.5) is 0 Å². The number of aliphatic hydroxyl groups is 1. The summed E-state index contributed by atoms with van der Waals surface area (Å²) in [5.41, 5.74) is -0.801. The summed E-state index contributed by atoms with van der Waals surface area (Å²) in [6.07, 6.45) is 0. The largest absolute Gasteiger partial charge is 0.452 e. The molecule has 0 radical (unpaired) electrons. The Hall–Kier alpha value is -0.380. The highest BCUT2D eigenvalue weighted by molar-refractivity contribution is 8.00. The fourth-order valence-corrected chi connectivity index (χ4v) is 1.99. The zero-order chi connectivity index (χ0) is 7.84. The number of fused-ring (bicyclic) bond motifs is 1. The van der Waals surface area contributed by atoms with Crippen LogP contribution >= 0.6 is 23.4 Å². The molecule has 1 aliphatic heterocycles. The van der Waals surface area contributed by atoms with E-state index in [1.165, 1.54) is 11.8 Å². The monoisotopic (exact) mass is 188 g/mol. The fourth-order valence-electron chi connectivity index (χ4n) is 0.930. The zero-order valence-corrected chi connectivity index (χ0v) is 7.02. The molecule has 2 nitrogen and oxygen atoms in total. The first-order valence-electron chi connectivity index (χ1n) is 3.07. The van der Waals surface area contributed by atoms with Crippen molar-refractivity contribution in [2.45, 2.75) is 10.5 Å². The van der Waals surface area contributed by atoms with Gasteiger partial charge in [0.15, 0.2) is 5.75 Å². The Morgan fingerprint density at radius 1 is 1.55 bits per heavy atom. The Bertz CT molecular complexity index is 290. The number of thioether (sulfide) groups is 1. The summed E-state index contributed by atoms with van der Waals surface area (Å²) in [6, 6.07) is 5.43. The number of para-hydroxylation sites is 1. The van der Waals surface area contributed by atoms with Crippen molar-refractivity contribution < 1.29 is 9.84 Å². The summed E-state index contributed by atoms with van der Waals surface area (Å²) >= 11 is 7.04. The predicted molar refractivity (Wildman–Crippen MR) is 43.9 cm³/mol. The summed E-state index contributed by atoms with van der Waals surface area (Å²) in [5.74, 6) is 0.590. The summed E-state index contributed by atoms with van der Waals surface area (Å²) in [6.45, 7) is 0. The van der Waals surface area contributed by atoms with Gasteiger partial charge in [0.05, 0.1) is 9.92 Å². The SMILES string of the molecule is OC1Oc2c(Cl)cccc2S1. The molecule has 1 atom stereocenters. The van der Waals surface area contributed by atoms with E-state index in [0.29, 0.717) is 10.8 Å². The van der Waals surface area contributed by atoms with Gasteiger partial charge in [0.1, 0.15) is 0 Å². The minimum absolute atomic E-state index is 0.548. The van der Waals surface area contributed by atoms with Gasteiger partial charge in [0, 0.05) is 0 Å². The van der Waals surface area contributed by atoms with E-state index in [2.05, 4.69) is 0 Å². The topological polar surface area (TPSA) is 29.5 Å². The molecule has 0 fully saturated rings. The molecule has 1 heterocycles. The van der Waals surface area contributed by atoms with Gasteiger partial charge < -0.3 is 9.84 Å². The van der Waals surface area contributed by atoms with Crippen LogP contribution in [0.2, 0.25) is 5.02 Å². The first-order valence-corrected chi connectivity index (χ1v) is 4.33. The van der Waals surface area contributed by atoms with Gasteiger partial charge in [-0.05, 0) is 23.9 Å². The standard InChI is InChI=1S/C7H5ClO2S/c8-4-2-1-3-5-6(4)10-7(9)11-5/h1-3,7,9H. The Kier molecular flexibility index (Phi) is 1.71. The summed E-state index contributed by atoms with van der Waals surface area (Å²) in [4.78, 5) is 0.894. The molecule has 1 aromatic rings. The van der Waals surface area contributed by atoms with Crippen molar-refractivity contribution in [2.24, 2.45) is 0 Å². The number of ether oxygens (including phenoxy) is 1. The number of rotatable bonds is 0. The van der Waals surface area contributed by atoms with Gasteiger partial charge in [0.2, 0.25) is 0 Å². The van der Waals surface area contributed by atoms with Gasteiger partial charge in [-0.25, -0.2) is 0 Å². The molecule has 0 aromatic heterocycles. The van der Waals surface area contributed by atoms with Gasteiger partial charge in [-0.2, -0.15) is 0 Å². The van der Waals surface area contributed by atoms with Crippen LogP contribution in [0.25, 0.3) is 0 Å². The maximum absolute atomic E-state index is 9.06. The van der Waals surface area contributed by atoms with Crippen LogP contribution in [0.5, 0.6) is 5.75 Å². The first-order chi connectivity index (χ1) is 5.27. The molecule has 0 spiro atoms. The quantitative estimate of drug-likeness (QED) is 0.676. The second kappa shape index (κ2) is 2.59. The third-order valence-corrected chi connectivity index (χ3v) is 2.55. The van der Waals surface area contributed by atoms with Crippen molar-refractivity contribution in [2.75, 3.05) is 0 Å². The molecule has 0 bridgehead atoms. The second-order valence-electron chi connectivity index (χ2n) is 2.11. The Morgan fingerprint density at radius 2 is 2.36 bits per heavy atom. The first kappa shape index (κ1) is 7.28. The molecule has 1 unspecified atom stereocenters. The lowest BCUT2D eigenvalue weighted by Crippen LogP contribution is -2.03. The van der Waals surface area contributed by atoms with Crippen LogP contribution in [-0.2, 0) is 0 Å². The highest BCUT2D eigenvalue weighted by Gasteiger charge is 2.22. The van der Waals surface area contributed by atoms with Crippen LogP contribution < -0.4 is 4.74 Å². The van der Waals surface area contributed by atoms with E-state index in [1.54, 1.807) is 6.07 Å². The minimum atomic E-state index is -0.801. The molecule has 0 saturated heterocycles. The van der Waals surface area contributed by atoms with E-state index >= 15 is 0 Å². The third-order valence-electron chi connectivity index (χ3n) is 1.38. The molecule has 0 amide bonds. The van der Waals surface area contributed by atoms with E-state index in [1.807, 2.05) is 12.1 Å². The lowest BCUT2D eigenvalue weighted by atomic mass is 10.3. The number of hydrogen-bond donors (Lipinski definition) is 1. The zero-order valence-electron chi connectivity index (χ0n) is 5.45. The Morgan fingerprint density at radius 3 is 3.09 bits per heavy atom. The molecule has 1 N–H and O–H groups in total. The van der Waals surface area contributed by atoms with Crippen LogP contribution in [0.1, 0.15) is 0 Å². The number of hydrogen-bond acceptors (Lipinski definition) is 3. The number of benzene rings is 1. The van der Waals surface area contributed by atoms with E-state index < -0.39 is 5.62 Å². The summed E-state index contributed by atoms with van der Waals surface area (Å²) in [5, 5.41) is 9.60. The van der Waals surface area contributed by atoms with Gasteiger partial charge in [-0.15, -0.1) is 0 Å². The van der Waals surface area contributed by atoms with E-state index in [4.69, 9.17) is 21.4 Å². The van der Waals surface area contributed by atoms with E-state index in [9.17, 15) is 0 Å². The highest BCUT2D eigenvalue weighted by atomic mass is 35.5. The molecule has 4 heteroatoms. The van der Waals surface area contributed by atoms with Crippen molar-refractivity contribution in [3.8, 4) is 5.75 Å². The molecular weight excluding hydrogens is 184 g/mol. The van der Waals surface area contributed by atoms with E-state index in [-0.39, 0.29) is 0 Å². The third kappa shape index (κ3) is 1.20. The maximum atomic E-state index is 9.06. The predicted octanol–water partition coefficient (Wildman–Crippen LogP) is 2.10. The Labute approximate surface area is 73.1 Å². The number of halogens is 1. The molecule has 1 aliphatic rings. The molecule has 2 rings (SSSR count). The Balaban J connectivity index is 2.49. The van der Waals surface area contributed by atoms with Gasteiger partial charge in [-0.1, -0.05) is 17.7 Å². The van der Waals surface area contributed by atoms with Crippen LogP contribution in [0, 0.1) is 0 Å². The lowest BCUT2D eigenvalue weighted by Gasteiger charge is -2.00. The van der Waals surface area contributed by atoms with Gasteiger partial charge in [-0.3, -0.25) is 0 Å². The second-order valence-corrected chi connectivity index (χ2v) is 3.60. The average Bonchev–Trinajstić information content (AvgIpc) is 2.31. The van der Waals surface area contributed by atoms with Gasteiger partial charge in [0.25, 0.3) is 5.62 Å². The van der Waals surface area contributed by atoms with Crippen molar-refractivity contribution in [3.05, 3.63) is 23.2 Å². The minimum Gasteiger partial charge on any atom is -0.452 e. The van der Waals surface area contributed by atoms with Crippen LogP contribution in [0.3, 0.4) is 0 Å². The molecular formula is C7H5ClO2S. The van der Waals surface area contributed by atoms with Crippen molar-refractivity contribution in [1.29, 1.82) is 0 Å². The van der Waals surface area contributed by atoms with Crippen molar-refractivity contribution in [1.82, 2.24) is 0 Å². The fraction of sp³-hybridized carbons (Fsp3) is 0.143. The van der Waals surface area contributed by atoms with Crippen molar-refractivity contribution >= 4 is 23.4 Å². The normalized spacial score (nSPS) is 21.1. The van der Waals surface area contributed by atoms with Crippen LogP contribution in [0.15, 0.2) is 23.1 Å². The summed E-state index contributed by atoms with van der Waals surface area (Å²) in [7, 11) is 0. The number of aliphatic hydroxyl groups excluding tert-OH is 1. The molecule has 58 valence electrons. The van der Waals surface area contributed by atoms with Crippen molar-refractivity contribution in [3.63, 3.8) is 0 Å².